The van der Waals surface area contributed by atoms with E-state index in [1.54, 1.807) is 11.3 Å². The summed E-state index contributed by atoms with van der Waals surface area (Å²) in [6, 6.07) is 7.85. The highest BCUT2D eigenvalue weighted by Crippen LogP contribution is 2.14. The fourth-order valence-electron chi connectivity index (χ4n) is 2.08. The second-order valence-electron chi connectivity index (χ2n) is 4.91. The van der Waals surface area contributed by atoms with Crippen LogP contribution in [-0.4, -0.2) is 15.1 Å². The van der Waals surface area contributed by atoms with Crippen LogP contribution < -0.4 is 5.73 Å². The van der Waals surface area contributed by atoms with Crippen LogP contribution in [0.15, 0.2) is 34.2 Å². The van der Waals surface area contributed by atoms with Crippen molar-refractivity contribution in [3.05, 3.63) is 57.6 Å². The van der Waals surface area contributed by atoms with Crippen molar-refractivity contribution < 1.29 is 4.52 Å². The maximum atomic E-state index is 5.76. The van der Waals surface area contributed by atoms with Crippen LogP contribution in [0, 0.1) is 6.92 Å². The maximum Gasteiger partial charge on any atom is 0.226 e. The Kier molecular flexibility index (Phi) is 3.96. The third kappa shape index (κ3) is 3.66. The molecule has 6 heteroatoms. The molecule has 0 atom stereocenters. The van der Waals surface area contributed by atoms with Crippen LogP contribution in [0.25, 0.3) is 0 Å². The van der Waals surface area contributed by atoms with Gasteiger partial charge in [-0.15, -0.1) is 11.3 Å². The van der Waals surface area contributed by atoms with Crippen LogP contribution in [0.5, 0.6) is 0 Å². The number of rotatable bonds is 5. The van der Waals surface area contributed by atoms with Crippen molar-refractivity contribution in [1.29, 1.82) is 0 Å². The van der Waals surface area contributed by atoms with Crippen LogP contribution in [0.2, 0.25) is 0 Å². The Morgan fingerprint density at radius 2 is 2.14 bits per heavy atom. The smallest absolute Gasteiger partial charge is 0.226 e. The molecule has 0 unspecified atom stereocenters. The van der Waals surface area contributed by atoms with E-state index in [-0.39, 0.29) is 0 Å². The molecule has 0 spiro atoms. The Morgan fingerprint density at radius 3 is 2.90 bits per heavy atom. The maximum absolute atomic E-state index is 5.76. The monoisotopic (exact) mass is 300 g/mol. The molecule has 21 heavy (non-hydrogen) atoms. The number of nitrogens with two attached hydrogens (primary N) is 1. The number of thiazole rings is 1. The summed E-state index contributed by atoms with van der Waals surface area (Å²) >= 11 is 1.62. The lowest BCUT2D eigenvalue weighted by molar-refractivity contribution is 0.373. The predicted molar refractivity (Wildman–Crippen MR) is 82.2 cm³/mol. The van der Waals surface area contributed by atoms with Crippen LogP contribution >= 0.6 is 11.3 Å². The van der Waals surface area contributed by atoms with Crippen molar-refractivity contribution in [3.63, 3.8) is 0 Å². The van der Waals surface area contributed by atoms with Crippen molar-refractivity contribution in [1.82, 2.24) is 15.1 Å². The first-order valence-electron chi connectivity index (χ1n) is 6.76. The summed E-state index contributed by atoms with van der Waals surface area (Å²) in [6.45, 7) is 1.98. The second kappa shape index (κ2) is 6.05. The molecule has 0 fully saturated rings. The molecule has 3 aromatic rings. The van der Waals surface area contributed by atoms with Crippen LogP contribution in [0.4, 0.5) is 5.69 Å². The van der Waals surface area contributed by atoms with Gasteiger partial charge in [0, 0.05) is 23.2 Å². The van der Waals surface area contributed by atoms with E-state index in [9.17, 15) is 0 Å². The molecule has 5 nitrogen and oxygen atoms in total. The predicted octanol–water partition coefficient (Wildman–Crippen LogP) is 2.79. The quantitative estimate of drug-likeness (QED) is 0.733. The van der Waals surface area contributed by atoms with Gasteiger partial charge in [-0.2, -0.15) is 4.98 Å². The normalized spacial score (nSPS) is 10.9. The molecule has 0 aliphatic heterocycles. The summed E-state index contributed by atoms with van der Waals surface area (Å²) in [6.07, 6.45) is 2.18. The third-order valence-electron chi connectivity index (χ3n) is 3.06. The van der Waals surface area contributed by atoms with Gasteiger partial charge in [0.1, 0.15) is 5.01 Å². The van der Waals surface area contributed by atoms with Crippen LogP contribution in [0.3, 0.4) is 0 Å². The molecular formula is C15H16N4OS. The number of nitrogen functional groups attached to an aromatic ring is 1. The van der Waals surface area contributed by atoms with E-state index >= 15 is 0 Å². The summed E-state index contributed by atoms with van der Waals surface area (Å²) in [5, 5.41) is 7.04. The standard InChI is InChI=1S/C15H16N4OS/c1-10-9-21-15(17-10)8-13-18-14(20-19-13)6-5-11-3-2-4-12(16)7-11/h2-4,7,9H,5-6,8,16H2,1H3. The molecule has 0 bridgehead atoms. The second-order valence-corrected chi connectivity index (χ2v) is 5.85. The van der Waals surface area contributed by atoms with E-state index in [0.29, 0.717) is 24.6 Å². The highest BCUT2D eigenvalue weighted by atomic mass is 32.1. The molecule has 2 N–H and O–H groups in total. The zero-order valence-electron chi connectivity index (χ0n) is 11.7. The Bertz CT molecular complexity index is 735. The first-order valence-corrected chi connectivity index (χ1v) is 7.64. The number of benzene rings is 1. The minimum atomic E-state index is 0.625. The van der Waals surface area contributed by atoms with E-state index in [2.05, 4.69) is 15.1 Å². The lowest BCUT2D eigenvalue weighted by Gasteiger charge is -1.99. The summed E-state index contributed by atoms with van der Waals surface area (Å²) in [4.78, 5) is 8.81. The minimum absolute atomic E-state index is 0.625. The van der Waals surface area contributed by atoms with Crippen molar-refractivity contribution in [2.24, 2.45) is 0 Å². The van der Waals surface area contributed by atoms with Gasteiger partial charge in [-0.1, -0.05) is 17.3 Å². The van der Waals surface area contributed by atoms with Gasteiger partial charge in [0.05, 0.1) is 6.42 Å². The van der Waals surface area contributed by atoms with Gasteiger partial charge in [-0.05, 0) is 31.0 Å². The van der Waals surface area contributed by atoms with Gasteiger partial charge in [0.25, 0.3) is 0 Å². The molecule has 0 amide bonds. The molecule has 2 aromatic heterocycles. The number of aromatic nitrogens is 3. The van der Waals surface area contributed by atoms with Crippen LogP contribution in [-0.2, 0) is 19.3 Å². The third-order valence-corrected chi connectivity index (χ3v) is 4.03. The van der Waals surface area contributed by atoms with Crippen molar-refractivity contribution in [3.8, 4) is 0 Å². The molecule has 0 aliphatic carbocycles. The molecule has 2 heterocycles. The number of hydrogen-bond donors (Lipinski definition) is 1. The van der Waals surface area contributed by atoms with Gasteiger partial charge in [-0.3, -0.25) is 0 Å². The van der Waals surface area contributed by atoms with Gasteiger partial charge in [0.15, 0.2) is 5.82 Å². The molecule has 3 rings (SSSR count). The molecule has 0 saturated heterocycles. The average Bonchev–Trinajstić information content (AvgIpc) is 3.06. The molecule has 1 aromatic carbocycles. The molecule has 0 radical (unpaired) electrons. The zero-order chi connectivity index (χ0) is 14.7. The largest absolute Gasteiger partial charge is 0.399 e. The summed E-state index contributed by atoms with van der Waals surface area (Å²) in [7, 11) is 0. The van der Waals surface area contributed by atoms with Crippen LogP contribution in [0.1, 0.15) is 28.0 Å². The SMILES string of the molecule is Cc1csc(Cc2noc(CCc3cccc(N)c3)n2)n1. The van der Waals surface area contributed by atoms with Crippen molar-refractivity contribution >= 4 is 17.0 Å². The highest BCUT2D eigenvalue weighted by Gasteiger charge is 2.09. The number of hydrogen-bond acceptors (Lipinski definition) is 6. The summed E-state index contributed by atoms with van der Waals surface area (Å²) < 4.78 is 5.28. The van der Waals surface area contributed by atoms with Gasteiger partial charge in [0.2, 0.25) is 5.89 Å². The van der Waals surface area contributed by atoms with E-state index in [1.165, 1.54) is 5.56 Å². The summed E-state index contributed by atoms with van der Waals surface area (Å²) in [5.41, 5.74) is 8.74. The Hall–Kier alpha value is -2.21. The zero-order valence-corrected chi connectivity index (χ0v) is 12.6. The van der Waals surface area contributed by atoms with Gasteiger partial charge in [-0.25, -0.2) is 4.98 Å². The van der Waals surface area contributed by atoms with Crippen molar-refractivity contribution in [2.45, 2.75) is 26.2 Å². The number of anilines is 1. The van der Waals surface area contributed by atoms with E-state index < -0.39 is 0 Å². The van der Waals surface area contributed by atoms with Crippen molar-refractivity contribution in [2.75, 3.05) is 5.73 Å². The molecular weight excluding hydrogens is 284 g/mol. The Labute approximate surface area is 126 Å². The Morgan fingerprint density at radius 1 is 1.24 bits per heavy atom. The Balaban J connectivity index is 1.60. The minimum Gasteiger partial charge on any atom is -0.399 e. The first kappa shape index (κ1) is 13.8. The number of nitrogens with zero attached hydrogens (tertiary/aromatic N) is 3. The highest BCUT2D eigenvalue weighted by molar-refractivity contribution is 7.09. The van der Waals surface area contributed by atoms with E-state index in [0.717, 1.165) is 22.8 Å². The lowest BCUT2D eigenvalue weighted by atomic mass is 10.1. The van der Waals surface area contributed by atoms with Gasteiger partial charge >= 0.3 is 0 Å². The fourth-order valence-corrected chi connectivity index (χ4v) is 2.85. The fraction of sp³-hybridized carbons (Fsp3) is 0.267. The lowest BCUT2D eigenvalue weighted by Crippen LogP contribution is -1.94. The molecule has 0 saturated carbocycles. The molecule has 108 valence electrons. The van der Waals surface area contributed by atoms with E-state index in [1.807, 2.05) is 36.6 Å². The van der Waals surface area contributed by atoms with E-state index in [4.69, 9.17) is 10.3 Å². The van der Waals surface area contributed by atoms with Gasteiger partial charge < -0.3 is 10.3 Å². The number of aryl methyl sites for hydroxylation is 3. The topological polar surface area (TPSA) is 77.8 Å². The molecule has 0 aliphatic rings. The summed E-state index contributed by atoms with van der Waals surface area (Å²) in [5.74, 6) is 1.34. The average molecular weight is 300 g/mol. The first-order chi connectivity index (χ1) is 10.2.